The highest BCUT2D eigenvalue weighted by Gasteiger charge is 2.37. The number of carbonyl (C=O) groups is 3. The van der Waals surface area contributed by atoms with Gasteiger partial charge in [-0.25, -0.2) is 4.79 Å². The molecular weight excluding hydrogens is 462 g/mol. The van der Waals surface area contributed by atoms with E-state index in [9.17, 15) is 24.6 Å². The topological polar surface area (TPSA) is 128 Å². The summed E-state index contributed by atoms with van der Waals surface area (Å²) in [4.78, 5) is 41.1. The number of ether oxygens (including phenoxy) is 1. The van der Waals surface area contributed by atoms with Crippen molar-refractivity contribution in [3.05, 3.63) is 59.7 Å². The molecule has 2 aromatic carbocycles. The third-order valence-electron chi connectivity index (χ3n) is 5.40. The van der Waals surface area contributed by atoms with Gasteiger partial charge in [0.25, 0.3) is 5.91 Å². The minimum atomic E-state index is -1.15. The fourth-order valence-electron chi connectivity index (χ4n) is 3.64. The summed E-state index contributed by atoms with van der Waals surface area (Å²) in [7, 11) is 0. The van der Waals surface area contributed by atoms with Crippen LogP contribution in [0.1, 0.15) is 51.8 Å². The molecule has 0 fully saturated rings. The van der Waals surface area contributed by atoms with E-state index in [2.05, 4.69) is 10.6 Å². The Morgan fingerprint density at radius 1 is 1.03 bits per heavy atom. The van der Waals surface area contributed by atoms with Crippen LogP contribution in [0.5, 0.6) is 5.75 Å². The van der Waals surface area contributed by atoms with Crippen LogP contribution in [0.15, 0.2) is 48.5 Å². The van der Waals surface area contributed by atoms with Gasteiger partial charge >= 0.3 is 6.09 Å². The molecule has 9 heteroatoms. The normalized spacial score (nSPS) is 13.0. The SMILES string of the molecule is Cc1ccccc1NC(=O)C(c1ccc(O)cc1)N(CCO)C(=O)C(NC(=O)OC(C)(C)C)C(C)C. The zero-order valence-corrected chi connectivity index (χ0v) is 21.7. The molecule has 2 rings (SSSR count). The van der Waals surface area contributed by atoms with Crippen LogP contribution in [0, 0.1) is 12.8 Å². The van der Waals surface area contributed by atoms with Crippen molar-refractivity contribution in [1.82, 2.24) is 10.2 Å². The van der Waals surface area contributed by atoms with E-state index in [4.69, 9.17) is 4.74 Å². The van der Waals surface area contributed by atoms with E-state index < -0.39 is 42.2 Å². The van der Waals surface area contributed by atoms with E-state index in [0.717, 1.165) is 5.56 Å². The molecule has 0 aliphatic rings. The van der Waals surface area contributed by atoms with E-state index in [0.29, 0.717) is 11.3 Å². The van der Waals surface area contributed by atoms with E-state index in [1.807, 2.05) is 19.1 Å². The molecule has 0 aliphatic carbocycles. The van der Waals surface area contributed by atoms with Crippen molar-refractivity contribution in [3.63, 3.8) is 0 Å². The Kier molecular flexibility index (Phi) is 9.86. The number of hydrogen-bond acceptors (Lipinski definition) is 6. The van der Waals surface area contributed by atoms with Crippen molar-refractivity contribution >= 4 is 23.6 Å². The summed E-state index contributed by atoms with van der Waals surface area (Å²) in [5.74, 6) is -1.39. The van der Waals surface area contributed by atoms with Crippen molar-refractivity contribution in [2.24, 2.45) is 5.92 Å². The Hall–Kier alpha value is -3.59. The second-order valence-corrected chi connectivity index (χ2v) is 9.92. The highest BCUT2D eigenvalue weighted by molar-refractivity contribution is 5.99. The first-order valence-corrected chi connectivity index (χ1v) is 11.9. The van der Waals surface area contributed by atoms with Crippen molar-refractivity contribution in [2.75, 3.05) is 18.5 Å². The predicted octanol–water partition coefficient (Wildman–Crippen LogP) is 3.75. The number of aryl methyl sites for hydroxylation is 1. The third-order valence-corrected chi connectivity index (χ3v) is 5.40. The molecule has 0 aromatic heterocycles. The summed E-state index contributed by atoms with van der Waals surface area (Å²) in [6.07, 6.45) is -0.760. The second-order valence-electron chi connectivity index (χ2n) is 9.92. The van der Waals surface area contributed by atoms with Gasteiger partial charge in [-0.2, -0.15) is 0 Å². The van der Waals surface area contributed by atoms with Gasteiger partial charge in [-0.05, 0) is 62.9 Å². The molecule has 4 N–H and O–H groups in total. The number of hydrogen-bond donors (Lipinski definition) is 4. The molecule has 36 heavy (non-hydrogen) atoms. The molecule has 196 valence electrons. The van der Waals surface area contributed by atoms with Crippen molar-refractivity contribution in [1.29, 1.82) is 0 Å². The van der Waals surface area contributed by atoms with Gasteiger partial charge in [-0.15, -0.1) is 0 Å². The van der Waals surface area contributed by atoms with Gasteiger partial charge in [-0.1, -0.05) is 44.2 Å². The monoisotopic (exact) mass is 499 g/mol. The number of rotatable bonds is 9. The van der Waals surface area contributed by atoms with Gasteiger partial charge in [0.1, 0.15) is 23.4 Å². The van der Waals surface area contributed by atoms with Gasteiger partial charge in [0.05, 0.1) is 6.61 Å². The van der Waals surface area contributed by atoms with Crippen LogP contribution in [-0.4, -0.2) is 57.8 Å². The Morgan fingerprint density at radius 3 is 2.17 bits per heavy atom. The number of aromatic hydroxyl groups is 1. The predicted molar refractivity (Wildman–Crippen MR) is 137 cm³/mol. The minimum absolute atomic E-state index is 0.00324. The first kappa shape index (κ1) is 28.6. The fraction of sp³-hybridized carbons (Fsp3) is 0.444. The Labute approximate surface area is 212 Å². The van der Waals surface area contributed by atoms with Gasteiger partial charge in [0, 0.05) is 12.2 Å². The molecule has 9 nitrogen and oxygen atoms in total. The molecule has 0 saturated carbocycles. The van der Waals surface area contributed by atoms with Gasteiger partial charge in [-0.3, -0.25) is 9.59 Å². The van der Waals surface area contributed by atoms with Crippen LogP contribution >= 0.6 is 0 Å². The Bertz CT molecular complexity index is 1050. The molecule has 0 heterocycles. The van der Waals surface area contributed by atoms with Crippen LogP contribution in [0.3, 0.4) is 0 Å². The molecule has 0 saturated heterocycles. The lowest BCUT2D eigenvalue weighted by atomic mass is 9.98. The van der Waals surface area contributed by atoms with Crippen LogP contribution < -0.4 is 10.6 Å². The average molecular weight is 500 g/mol. The summed E-state index contributed by atoms with van der Waals surface area (Å²) in [5, 5.41) is 25.1. The van der Waals surface area contributed by atoms with Crippen molar-refractivity contribution in [2.45, 2.75) is 59.2 Å². The molecule has 3 amide bonds. The number of alkyl carbamates (subject to hydrolysis) is 1. The average Bonchev–Trinajstić information content (AvgIpc) is 2.78. The van der Waals surface area contributed by atoms with E-state index in [-0.39, 0.29) is 18.2 Å². The zero-order chi connectivity index (χ0) is 27.0. The lowest BCUT2D eigenvalue weighted by molar-refractivity contribution is -0.142. The summed E-state index contributed by atoms with van der Waals surface area (Å²) < 4.78 is 5.33. The van der Waals surface area contributed by atoms with Crippen LogP contribution in [0.25, 0.3) is 0 Å². The molecule has 0 spiro atoms. The number of phenolic OH excluding ortho intramolecular Hbond substituents is 1. The molecule has 0 bridgehead atoms. The summed E-state index contributed by atoms with van der Waals surface area (Å²) in [6.45, 7) is 9.95. The van der Waals surface area contributed by atoms with Gasteiger partial charge in [0.15, 0.2) is 0 Å². The first-order valence-electron chi connectivity index (χ1n) is 11.9. The number of nitrogens with zero attached hydrogens (tertiary/aromatic N) is 1. The highest BCUT2D eigenvalue weighted by Crippen LogP contribution is 2.27. The van der Waals surface area contributed by atoms with E-state index >= 15 is 0 Å². The van der Waals surface area contributed by atoms with Crippen molar-refractivity contribution < 1.29 is 29.3 Å². The number of carbonyl (C=O) groups excluding carboxylic acids is 3. The number of nitrogens with one attached hydrogen (secondary N) is 2. The highest BCUT2D eigenvalue weighted by atomic mass is 16.6. The molecule has 0 aliphatic heterocycles. The Balaban J connectivity index is 2.48. The van der Waals surface area contributed by atoms with E-state index in [1.54, 1.807) is 58.9 Å². The van der Waals surface area contributed by atoms with Gasteiger partial charge in [0.2, 0.25) is 5.91 Å². The number of aliphatic hydroxyl groups is 1. The lowest BCUT2D eigenvalue weighted by Crippen LogP contribution is -2.55. The third kappa shape index (κ3) is 7.98. The second kappa shape index (κ2) is 12.4. The smallest absolute Gasteiger partial charge is 0.408 e. The maximum atomic E-state index is 13.8. The van der Waals surface area contributed by atoms with Crippen LogP contribution in [0.4, 0.5) is 10.5 Å². The quantitative estimate of drug-likeness (QED) is 0.416. The fourth-order valence-corrected chi connectivity index (χ4v) is 3.64. The zero-order valence-electron chi connectivity index (χ0n) is 21.7. The summed E-state index contributed by atoms with van der Waals surface area (Å²) >= 11 is 0. The maximum absolute atomic E-state index is 13.8. The molecular formula is C27H37N3O6. The summed E-state index contributed by atoms with van der Waals surface area (Å²) in [6, 6.07) is 11.0. The summed E-state index contributed by atoms with van der Waals surface area (Å²) in [5.41, 5.74) is 1.08. The number of anilines is 1. The van der Waals surface area contributed by atoms with Crippen LogP contribution in [0.2, 0.25) is 0 Å². The molecule has 0 radical (unpaired) electrons. The Morgan fingerprint density at radius 2 is 1.64 bits per heavy atom. The standard InChI is InChI=1S/C27H37N3O6/c1-17(2)22(29-26(35)36-27(4,5)6)25(34)30(15-16-31)23(19-11-13-20(32)14-12-19)24(33)28-21-10-8-7-9-18(21)3/h7-14,17,22-23,31-32H,15-16H2,1-6H3,(H,28,33)(H,29,35). The van der Waals surface area contributed by atoms with Gasteiger partial charge < -0.3 is 30.5 Å². The first-order chi connectivity index (χ1) is 16.8. The number of benzene rings is 2. The van der Waals surface area contributed by atoms with E-state index in [1.165, 1.54) is 17.0 Å². The molecule has 2 aromatic rings. The van der Waals surface area contributed by atoms with Crippen LogP contribution in [-0.2, 0) is 14.3 Å². The molecule has 2 unspecified atom stereocenters. The number of aliphatic hydroxyl groups excluding tert-OH is 1. The number of para-hydroxylation sites is 1. The maximum Gasteiger partial charge on any atom is 0.408 e. The number of phenols is 1. The lowest BCUT2D eigenvalue weighted by Gasteiger charge is -2.35. The minimum Gasteiger partial charge on any atom is -0.508 e. The molecule has 2 atom stereocenters. The van der Waals surface area contributed by atoms with Crippen molar-refractivity contribution in [3.8, 4) is 5.75 Å². The number of amides is 3. The largest absolute Gasteiger partial charge is 0.508 e.